The van der Waals surface area contributed by atoms with Crippen molar-refractivity contribution in [1.29, 1.82) is 0 Å². The van der Waals surface area contributed by atoms with Gasteiger partial charge in [0.1, 0.15) is 5.82 Å². The van der Waals surface area contributed by atoms with Gasteiger partial charge >= 0.3 is 0 Å². The molecule has 1 amide bonds. The molecule has 6 heteroatoms. The zero-order valence-corrected chi connectivity index (χ0v) is 11.5. The molecule has 0 bridgehead atoms. The highest BCUT2D eigenvalue weighted by molar-refractivity contribution is 5.93. The number of rotatable bonds is 3. The van der Waals surface area contributed by atoms with Gasteiger partial charge in [0.15, 0.2) is 0 Å². The van der Waals surface area contributed by atoms with Crippen molar-refractivity contribution in [2.75, 3.05) is 20.1 Å². The van der Waals surface area contributed by atoms with E-state index in [4.69, 9.17) is 16.5 Å². The first-order valence-corrected chi connectivity index (χ1v) is 6.59. The van der Waals surface area contributed by atoms with E-state index < -0.39 is 0 Å². The van der Waals surface area contributed by atoms with Crippen molar-refractivity contribution < 1.29 is 9.63 Å². The van der Waals surface area contributed by atoms with Crippen LogP contribution in [-0.4, -0.2) is 48.0 Å². The molecule has 2 heterocycles. The van der Waals surface area contributed by atoms with Crippen LogP contribution in [0, 0.1) is 0 Å². The molecule has 0 saturated carbocycles. The third-order valence-electron chi connectivity index (χ3n) is 4.05. The molecule has 2 aliphatic rings. The predicted octanol–water partition coefficient (Wildman–Crippen LogP) is -0.0719. The maximum Gasteiger partial charge on any atom is 0.246 e. The summed E-state index contributed by atoms with van der Waals surface area (Å²) in [5, 5.41) is 0. The predicted molar refractivity (Wildman–Crippen MR) is 72.5 cm³/mol. The largest absolute Gasteiger partial charge is 0.366 e. The summed E-state index contributed by atoms with van der Waals surface area (Å²) in [6, 6.07) is 0.000909. The number of carbonyl (C=O) groups excluding carboxylic acids is 1. The van der Waals surface area contributed by atoms with Crippen molar-refractivity contribution in [3.8, 4) is 0 Å². The monoisotopic (exact) mass is 266 g/mol. The van der Waals surface area contributed by atoms with Gasteiger partial charge in [-0.2, -0.15) is 0 Å². The van der Waals surface area contributed by atoms with Gasteiger partial charge in [0, 0.05) is 25.7 Å². The molecular weight excluding hydrogens is 244 g/mol. The number of nitrogens with zero attached hydrogens (tertiary/aromatic N) is 2. The van der Waals surface area contributed by atoms with Gasteiger partial charge in [-0.3, -0.25) is 4.79 Å². The average molecular weight is 266 g/mol. The summed E-state index contributed by atoms with van der Waals surface area (Å²) in [7, 11) is 1.98. The van der Waals surface area contributed by atoms with Crippen LogP contribution in [0.5, 0.6) is 0 Å². The Kier molecular flexibility index (Phi) is 4.11. The second-order valence-electron chi connectivity index (χ2n) is 5.12. The number of allylic oxidation sites excluding steroid dienone is 2. The molecule has 0 aromatic heterocycles. The third-order valence-corrected chi connectivity index (χ3v) is 4.05. The van der Waals surface area contributed by atoms with Crippen LogP contribution in [0.1, 0.15) is 19.8 Å². The van der Waals surface area contributed by atoms with Crippen LogP contribution >= 0.6 is 0 Å². The first kappa shape index (κ1) is 13.9. The molecule has 1 saturated heterocycles. The van der Waals surface area contributed by atoms with Crippen LogP contribution in [0.3, 0.4) is 0 Å². The number of amides is 1. The van der Waals surface area contributed by atoms with Gasteiger partial charge in [-0.25, -0.2) is 5.90 Å². The SMILES string of the molecule is CC1C(C(N)=O)=CC=C(N2CCC(ON)CC2)N1C. The fourth-order valence-electron chi connectivity index (χ4n) is 2.67. The van der Waals surface area contributed by atoms with Gasteiger partial charge in [-0.05, 0) is 31.9 Å². The highest BCUT2D eigenvalue weighted by Gasteiger charge is 2.28. The Morgan fingerprint density at radius 1 is 1.37 bits per heavy atom. The lowest BCUT2D eigenvalue weighted by Crippen LogP contribution is -2.46. The maximum absolute atomic E-state index is 11.3. The Labute approximate surface area is 113 Å². The topological polar surface area (TPSA) is 84.8 Å². The molecule has 0 spiro atoms. The number of likely N-dealkylation sites (N-methyl/N-ethyl adjacent to an activating group) is 1. The highest BCUT2D eigenvalue weighted by atomic mass is 16.6. The average Bonchev–Trinajstić information content (AvgIpc) is 2.41. The van der Waals surface area contributed by atoms with Gasteiger partial charge in [0.2, 0.25) is 5.91 Å². The number of nitrogens with two attached hydrogens (primary N) is 2. The van der Waals surface area contributed by atoms with Gasteiger partial charge in [0.05, 0.1) is 12.1 Å². The highest BCUT2D eigenvalue weighted by Crippen LogP contribution is 2.25. The standard InChI is InChI=1S/C13H22N4O2/c1-9-11(13(14)18)3-4-12(16(9)2)17-7-5-10(19-15)6-8-17/h3-4,9-10H,5-8,15H2,1-2H3,(H2,14,18). The van der Waals surface area contributed by atoms with Crippen LogP contribution in [0.15, 0.2) is 23.5 Å². The van der Waals surface area contributed by atoms with E-state index in [2.05, 4.69) is 9.80 Å². The number of primary amides is 1. The Morgan fingerprint density at radius 2 is 2.00 bits per heavy atom. The molecule has 2 rings (SSSR count). The lowest BCUT2D eigenvalue weighted by molar-refractivity contribution is -0.115. The lowest BCUT2D eigenvalue weighted by atomic mass is 10.0. The maximum atomic E-state index is 11.3. The Bertz CT molecular complexity index is 411. The first-order valence-electron chi connectivity index (χ1n) is 6.59. The van der Waals surface area contributed by atoms with Gasteiger partial charge < -0.3 is 20.4 Å². The Balaban J connectivity index is 2.11. The van der Waals surface area contributed by atoms with E-state index in [1.807, 2.05) is 26.1 Å². The van der Waals surface area contributed by atoms with Crippen LogP contribution in [0.25, 0.3) is 0 Å². The first-order chi connectivity index (χ1) is 9.04. The molecule has 1 fully saturated rings. The van der Waals surface area contributed by atoms with E-state index in [1.54, 1.807) is 0 Å². The molecule has 19 heavy (non-hydrogen) atoms. The summed E-state index contributed by atoms with van der Waals surface area (Å²) in [5.74, 6) is 5.99. The van der Waals surface area contributed by atoms with E-state index in [0.29, 0.717) is 5.57 Å². The molecule has 6 nitrogen and oxygen atoms in total. The molecular formula is C13H22N4O2. The third kappa shape index (κ3) is 2.74. The second kappa shape index (κ2) is 5.63. The van der Waals surface area contributed by atoms with E-state index in [9.17, 15) is 4.79 Å². The van der Waals surface area contributed by atoms with Crippen molar-refractivity contribution >= 4 is 5.91 Å². The summed E-state index contributed by atoms with van der Waals surface area (Å²) >= 11 is 0. The van der Waals surface area contributed by atoms with Crippen LogP contribution in [0.4, 0.5) is 0 Å². The minimum atomic E-state index is -0.357. The number of likely N-dealkylation sites (tertiary alicyclic amines) is 1. The zero-order valence-electron chi connectivity index (χ0n) is 11.5. The van der Waals surface area contributed by atoms with E-state index in [0.717, 1.165) is 31.8 Å². The van der Waals surface area contributed by atoms with E-state index in [-0.39, 0.29) is 18.1 Å². The Hall–Kier alpha value is -1.53. The minimum Gasteiger partial charge on any atom is -0.366 e. The van der Waals surface area contributed by atoms with E-state index in [1.165, 1.54) is 0 Å². The summed E-state index contributed by atoms with van der Waals surface area (Å²) in [6.45, 7) is 3.80. The zero-order chi connectivity index (χ0) is 14.0. The van der Waals surface area contributed by atoms with Crippen LogP contribution in [-0.2, 0) is 9.63 Å². The van der Waals surface area contributed by atoms with Crippen molar-refractivity contribution in [2.24, 2.45) is 11.6 Å². The normalized spacial score (nSPS) is 25.1. The molecule has 0 aromatic rings. The molecule has 106 valence electrons. The molecule has 0 aromatic carbocycles. The molecule has 0 radical (unpaired) electrons. The molecule has 0 aliphatic carbocycles. The summed E-state index contributed by atoms with van der Waals surface area (Å²) in [5.41, 5.74) is 6.02. The summed E-state index contributed by atoms with van der Waals surface area (Å²) < 4.78 is 0. The summed E-state index contributed by atoms with van der Waals surface area (Å²) in [6.07, 6.45) is 5.78. The second-order valence-corrected chi connectivity index (χ2v) is 5.12. The molecule has 1 unspecified atom stereocenters. The van der Waals surface area contributed by atoms with Crippen molar-refractivity contribution in [3.05, 3.63) is 23.5 Å². The number of hydrogen-bond donors (Lipinski definition) is 2. The number of hydrogen-bond acceptors (Lipinski definition) is 5. The van der Waals surface area contributed by atoms with Crippen LogP contribution in [0.2, 0.25) is 0 Å². The molecule has 2 aliphatic heterocycles. The number of carbonyl (C=O) groups is 1. The van der Waals surface area contributed by atoms with Crippen molar-refractivity contribution in [2.45, 2.75) is 31.9 Å². The lowest BCUT2D eigenvalue weighted by Gasteiger charge is -2.42. The quantitative estimate of drug-likeness (QED) is 0.698. The Morgan fingerprint density at radius 3 is 2.53 bits per heavy atom. The summed E-state index contributed by atoms with van der Waals surface area (Å²) in [4.78, 5) is 20.6. The van der Waals surface area contributed by atoms with Gasteiger partial charge in [0.25, 0.3) is 0 Å². The van der Waals surface area contributed by atoms with Gasteiger partial charge in [-0.1, -0.05) is 0 Å². The van der Waals surface area contributed by atoms with Gasteiger partial charge in [-0.15, -0.1) is 0 Å². The van der Waals surface area contributed by atoms with Crippen molar-refractivity contribution in [3.63, 3.8) is 0 Å². The van der Waals surface area contributed by atoms with Crippen LogP contribution < -0.4 is 11.6 Å². The fourth-order valence-corrected chi connectivity index (χ4v) is 2.67. The molecule has 4 N–H and O–H groups in total. The van der Waals surface area contributed by atoms with Crippen molar-refractivity contribution in [1.82, 2.24) is 9.80 Å². The molecule has 1 atom stereocenters. The van der Waals surface area contributed by atoms with E-state index >= 15 is 0 Å². The fraction of sp³-hybridized carbons (Fsp3) is 0.615. The minimum absolute atomic E-state index is 0.000909. The smallest absolute Gasteiger partial charge is 0.246 e. The number of piperidine rings is 1.